The predicted octanol–water partition coefficient (Wildman–Crippen LogP) is 4.06. The molecule has 150 valence electrons. The molecule has 0 bridgehead atoms. The molecule has 5 nitrogen and oxygen atoms in total. The van der Waals surface area contributed by atoms with Crippen molar-refractivity contribution >= 4 is 12.0 Å². The second kappa shape index (κ2) is 8.21. The number of halogens is 3. The van der Waals surface area contributed by atoms with Crippen LogP contribution in [0.5, 0.6) is 5.75 Å². The van der Waals surface area contributed by atoms with Gasteiger partial charge < -0.3 is 19.5 Å². The van der Waals surface area contributed by atoms with Gasteiger partial charge in [0.25, 0.3) is 0 Å². The summed E-state index contributed by atoms with van der Waals surface area (Å²) in [7, 11) is 3.10. The van der Waals surface area contributed by atoms with Crippen LogP contribution in [0.2, 0.25) is 0 Å². The average Bonchev–Trinajstić information content (AvgIpc) is 2.65. The summed E-state index contributed by atoms with van der Waals surface area (Å²) in [5.41, 5.74) is -2.83. The van der Waals surface area contributed by atoms with Crippen molar-refractivity contribution in [1.29, 1.82) is 0 Å². The van der Waals surface area contributed by atoms with Crippen molar-refractivity contribution in [3.63, 3.8) is 0 Å². The van der Waals surface area contributed by atoms with E-state index in [0.717, 1.165) is 12.8 Å². The van der Waals surface area contributed by atoms with E-state index in [9.17, 15) is 18.3 Å². The lowest BCUT2D eigenvalue weighted by Crippen LogP contribution is -2.45. The van der Waals surface area contributed by atoms with Crippen LogP contribution >= 0.6 is 0 Å². The van der Waals surface area contributed by atoms with Gasteiger partial charge in [0.15, 0.2) is 0 Å². The molecule has 1 N–H and O–H groups in total. The molecule has 1 aliphatic rings. The molecule has 0 saturated heterocycles. The van der Waals surface area contributed by atoms with Gasteiger partial charge in [-0.05, 0) is 38.3 Å². The zero-order chi connectivity index (χ0) is 20.2. The minimum atomic E-state index is -4.94. The molecule has 1 aliphatic heterocycles. The Kier molecular flexibility index (Phi) is 6.41. The van der Waals surface area contributed by atoms with E-state index in [1.807, 2.05) is 18.9 Å². The number of aryl methyl sites for hydroxylation is 1. The summed E-state index contributed by atoms with van der Waals surface area (Å²) in [5.74, 6) is -0.0850. The van der Waals surface area contributed by atoms with Gasteiger partial charge in [0, 0.05) is 30.8 Å². The predicted molar refractivity (Wildman–Crippen MR) is 97.4 cm³/mol. The van der Waals surface area contributed by atoms with Crippen molar-refractivity contribution < 1.29 is 27.8 Å². The molecule has 1 unspecified atom stereocenters. The Bertz CT molecular complexity index is 732. The van der Waals surface area contributed by atoms with Gasteiger partial charge in [0.1, 0.15) is 5.75 Å². The summed E-state index contributed by atoms with van der Waals surface area (Å²) in [6.45, 7) is 4.65. The SMILES string of the molecule is CCN(C)/C=N\c1cc(OC)c(C(O)(C2=COCCC2)C(F)(F)F)cc1C. The van der Waals surface area contributed by atoms with Crippen LogP contribution in [0.4, 0.5) is 18.9 Å². The van der Waals surface area contributed by atoms with Gasteiger partial charge >= 0.3 is 6.18 Å². The van der Waals surface area contributed by atoms with E-state index in [-0.39, 0.29) is 23.3 Å². The number of rotatable bonds is 6. The van der Waals surface area contributed by atoms with E-state index in [1.54, 1.807) is 13.3 Å². The fourth-order valence-corrected chi connectivity index (χ4v) is 2.85. The van der Waals surface area contributed by atoms with Crippen molar-refractivity contribution in [2.24, 2.45) is 4.99 Å². The number of hydrogen-bond donors (Lipinski definition) is 1. The normalized spacial score (nSPS) is 17.3. The fraction of sp³-hybridized carbons (Fsp3) is 0.526. The molecule has 1 aromatic carbocycles. The highest BCUT2D eigenvalue weighted by Gasteiger charge is 2.59. The Morgan fingerprint density at radius 2 is 2.07 bits per heavy atom. The molecule has 8 heteroatoms. The molecule has 0 saturated carbocycles. The van der Waals surface area contributed by atoms with E-state index >= 15 is 0 Å². The second-order valence-electron chi connectivity index (χ2n) is 6.48. The van der Waals surface area contributed by atoms with Crippen LogP contribution in [0.1, 0.15) is 30.9 Å². The third kappa shape index (κ3) is 4.21. The van der Waals surface area contributed by atoms with Gasteiger partial charge in [0.05, 0.1) is 32.0 Å². The summed E-state index contributed by atoms with van der Waals surface area (Å²) in [5, 5.41) is 10.8. The summed E-state index contributed by atoms with van der Waals surface area (Å²) in [6, 6.07) is 2.69. The molecule has 2 rings (SSSR count). The first-order valence-electron chi connectivity index (χ1n) is 8.68. The van der Waals surface area contributed by atoms with E-state index in [4.69, 9.17) is 9.47 Å². The number of alkyl halides is 3. The smallest absolute Gasteiger partial charge is 0.425 e. The first kappa shape index (κ1) is 21.1. The lowest BCUT2D eigenvalue weighted by Gasteiger charge is -2.35. The average molecular weight is 386 g/mol. The highest BCUT2D eigenvalue weighted by atomic mass is 19.4. The first-order chi connectivity index (χ1) is 12.6. The van der Waals surface area contributed by atoms with E-state index in [2.05, 4.69) is 4.99 Å². The molecule has 1 aromatic rings. The number of benzene rings is 1. The Morgan fingerprint density at radius 3 is 2.59 bits per heavy atom. The van der Waals surface area contributed by atoms with Crippen LogP contribution in [0.25, 0.3) is 0 Å². The third-order valence-corrected chi connectivity index (χ3v) is 4.61. The third-order valence-electron chi connectivity index (χ3n) is 4.61. The van der Waals surface area contributed by atoms with Gasteiger partial charge in [-0.2, -0.15) is 13.2 Å². The van der Waals surface area contributed by atoms with Crippen LogP contribution in [0.15, 0.2) is 29.0 Å². The monoisotopic (exact) mass is 386 g/mol. The van der Waals surface area contributed by atoms with Gasteiger partial charge in [-0.25, -0.2) is 4.99 Å². The standard InChI is InChI=1S/C19H25F3N2O3/c1-5-24(3)12-23-16-10-17(26-4)15(9-13(16)2)18(25,19(20,21)22)14-7-6-8-27-11-14/h9-12,25H,5-8H2,1-4H3/b23-12-. The molecular formula is C19H25F3N2O3. The minimum Gasteiger partial charge on any atom is -0.501 e. The van der Waals surface area contributed by atoms with Gasteiger partial charge in [-0.3, -0.25) is 0 Å². The maximum absolute atomic E-state index is 14.0. The van der Waals surface area contributed by atoms with Gasteiger partial charge in [-0.15, -0.1) is 0 Å². The van der Waals surface area contributed by atoms with Crippen LogP contribution < -0.4 is 4.74 Å². The number of ether oxygens (including phenoxy) is 2. The molecule has 1 heterocycles. The maximum atomic E-state index is 14.0. The fourth-order valence-electron chi connectivity index (χ4n) is 2.85. The van der Waals surface area contributed by atoms with Crippen LogP contribution in [-0.2, 0) is 10.3 Å². The van der Waals surface area contributed by atoms with E-state index in [0.29, 0.717) is 24.3 Å². The molecule has 0 aliphatic carbocycles. The van der Waals surface area contributed by atoms with Crippen molar-refractivity contribution in [3.05, 3.63) is 35.1 Å². The van der Waals surface area contributed by atoms with Crippen molar-refractivity contribution in [2.75, 3.05) is 27.3 Å². The topological polar surface area (TPSA) is 54.3 Å². The first-order valence-corrected chi connectivity index (χ1v) is 8.68. The van der Waals surface area contributed by atoms with Crippen molar-refractivity contribution in [3.8, 4) is 5.75 Å². The summed E-state index contributed by atoms with van der Waals surface area (Å²) in [4.78, 5) is 6.13. The number of aliphatic hydroxyl groups is 1. The van der Waals surface area contributed by atoms with Crippen LogP contribution in [-0.4, -0.2) is 49.8 Å². The quantitative estimate of drug-likeness (QED) is 0.592. The number of nitrogens with zero attached hydrogens (tertiary/aromatic N) is 2. The zero-order valence-corrected chi connectivity index (χ0v) is 15.9. The maximum Gasteiger partial charge on any atom is 0.425 e. The van der Waals surface area contributed by atoms with Gasteiger partial charge in [-0.1, -0.05) is 0 Å². The Hall–Kier alpha value is -2.22. The Balaban J connectivity index is 2.61. The Labute approximate surface area is 157 Å². The second-order valence-corrected chi connectivity index (χ2v) is 6.48. The van der Waals surface area contributed by atoms with Crippen LogP contribution in [0.3, 0.4) is 0 Å². The number of methoxy groups -OCH3 is 1. The number of hydrogen-bond acceptors (Lipinski definition) is 4. The molecule has 0 amide bonds. The number of aliphatic imine (C=N–C) groups is 1. The van der Waals surface area contributed by atoms with Gasteiger partial charge in [0.2, 0.25) is 5.60 Å². The highest BCUT2D eigenvalue weighted by Crippen LogP contribution is 2.50. The molecule has 1 atom stereocenters. The molecule has 0 fully saturated rings. The molecule has 0 aromatic heterocycles. The summed E-state index contributed by atoms with van der Waals surface area (Å²) >= 11 is 0. The lowest BCUT2D eigenvalue weighted by molar-refractivity contribution is -0.252. The van der Waals surface area contributed by atoms with E-state index in [1.165, 1.54) is 19.2 Å². The van der Waals surface area contributed by atoms with Crippen molar-refractivity contribution in [2.45, 2.75) is 38.5 Å². The molecular weight excluding hydrogens is 361 g/mol. The Morgan fingerprint density at radius 1 is 1.37 bits per heavy atom. The molecule has 27 heavy (non-hydrogen) atoms. The summed E-state index contributed by atoms with van der Waals surface area (Å²) < 4.78 is 52.2. The minimum absolute atomic E-state index is 0.0827. The molecule has 0 spiro atoms. The largest absolute Gasteiger partial charge is 0.501 e. The zero-order valence-electron chi connectivity index (χ0n) is 15.9. The summed E-state index contributed by atoms with van der Waals surface area (Å²) in [6.07, 6.45) is -1.86. The molecule has 0 radical (unpaired) electrons. The van der Waals surface area contributed by atoms with Crippen LogP contribution in [0, 0.1) is 6.92 Å². The lowest BCUT2D eigenvalue weighted by atomic mass is 9.81. The van der Waals surface area contributed by atoms with Crippen molar-refractivity contribution in [1.82, 2.24) is 4.90 Å². The highest BCUT2D eigenvalue weighted by molar-refractivity contribution is 5.65. The van der Waals surface area contributed by atoms with E-state index < -0.39 is 11.8 Å².